The van der Waals surface area contributed by atoms with Crippen LogP contribution in [-0.4, -0.2) is 84.4 Å². The van der Waals surface area contributed by atoms with Crippen LogP contribution in [0.5, 0.6) is 0 Å². The summed E-state index contributed by atoms with van der Waals surface area (Å²) in [6.45, 7) is 4.11. The smallest absolute Gasteiger partial charge is 0.426 e. The van der Waals surface area contributed by atoms with E-state index in [1.807, 2.05) is 39.0 Å². The van der Waals surface area contributed by atoms with Crippen molar-refractivity contribution in [2.24, 2.45) is 5.92 Å². The Labute approximate surface area is 233 Å². The maximum absolute atomic E-state index is 13.0. The molecule has 0 radical (unpaired) electrons. The first-order chi connectivity index (χ1) is 18.8. The van der Waals surface area contributed by atoms with Crippen molar-refractivity contribution in [1.82, 2.24) is 15.5 Å². The third-order valence-electron chi connectivity index (χ3n) is 6.49. The molecule has 220 valence electrons. The van der Waals surface area contributed by atoms with E-state index < -0.39 is 56.3 Å². The summed E-state index contributed by atoms with van der Waals surface area (Å²) in [4.78, 5) is 27.3. The molecular formula is C27H38BF3N4O5. The maximum atomic E-state index is 13.0. The minimum atomic E-state index is -4.60. The molecule has 1 fully saturated rings. The van der Waals surface area contributed by atoms with E-state index in [1.165, 1.54) is 4.90 Å². The van der Waals surface area contributed by atoms with Crippen molar-refractivity contribution in [1.29, 1.82) is 5.26 Å². The molecule has 0 bridgehead atoms. The van der Waals surface area contributed by atoms with Gasteiger partial charge in [-0.05, 0) is 42.7 Å². The summed E-state index contributed by atoms with van der Waals surface area (Å²) in [6.07, 6.45) is -0.970. The summed E-state index contributed by atoms with van der Waals surface area (Å²) in [6, 6.07) is 7.38. The highest BCUT2D eigenvalue weighted by Gasteiger charge is 2.34. The molecule has 1 aliphatic heterocycles. The van der Waals surface area contributed by atoms with E-state index in [4.69, 9.17) is 4.74 Å². The minimum Gasteiger partial charge on any atom is -0.426 e. The summed E-state index contributed by atoms with van der Waals surface area (Å²) >= 11 is 0. The number of carbonyl (C=O) groups excluding carboxylic acids is 2. The third kappa shape index (κ3) is 10.9. The Morgan fingerprint density at radius 2 is 2.00 bits per heavy atom. The largest absolute Gasteiger partial charge is 0.475 e. The summed E-state index contributed by atoms with van der Waals surface area (Å²) < 4.78 is 44.5. The van der Waals surface area contributed by atoms with Crippen molar-refractivity contribution in [3.05, 3.63) is 47.0 Å². The molecule has 2 amide bonds. The van der Waals surface area contributed by atoms with Crippen LogP contribution in [0.4, 0.5) is 13.2 Å². The molecule has 1 aromatic carbocycles. The number of nitrogens with one attached hydrogen (secondary N) is 2. The number of ether oxygens (including phenoxy) is 1. The van der Waals surface area contributed by atoms with Crippen LogP contribution < -0.4 is 10.6 Å². The lowest BCUT2D eigenvalue weighted by Crippen LogP contribution is -2.56. The zero-order valence-corrected chi connectivity index (χ0v) is 23.1. The van der Waals surface area contributed by atoms with Crippen LogP contribution in [0, 0.1) is 17.2 Å². The highest BCUT2D eigenvalue weighted by Crippen LogP contribution is 2.21. The number of aryl methyl sites for hydroxylation is 1. The molecule has 2 rings (SSSR count). The van der Waals surface area contributed by atoms with Gasteiger partial charge in [0.2, 0.25) is 5.91 Å². The average Bonchev–Trinajstić information content (AvgIpc) is 3.36. The average molecular weight is 566 g/mol. The number of benzene rings is 1. The number of nitriles is 1. The molecule has 13 heteroatoms. The Balaban J connectivity index is 2.07. The Kier molecular flexibility index (Phi) is 13.1. The Hall–Kier alpha value is -2.92. The number of rotatable bonds is 14. The number of likely N-dealkylation sites (tertiary alicyclic amines) is 1. The van der Waals surface area contributed by atoms with Gasteiger partial charge in [-0.25, -0.2) is 0 Å². The standard InChI is InChI=1S/C27H38BF3N4O5/c1-4-19-7-5-8-20(12-19)13-24(28(38)39)34-25(36)23(33-17-27(29,30)31)16-40-15-22-9-6-10-35(22)26(37)21(14-32)11-18(2)3/h5,7-8,11-12,18,22-24,33,38-39H,4,6,9-10,13,15-17H2,1-3H3,(H,34,36)/t22-,23+,24+/m1/s1. The highest BCUT2D eigenvalue weighted by atomic mass is 19.4. The molecule has 0 unspecified atom stereocenters. The fraction of sp³-hybridized carbons (Fsp3) is 0.593. The molecular weight excluding hydrogens is 528 g/mol. The van der Waals surface area contributed by atoms with E-state index in [2.05, 4.69) is 10.6 Å². The summed E-state index contributed by atoms with van der Waals surface area (Å²) in [5.74, 6) is -2.50. The van der Waals surface area contributed by atoms with Crippen molar-refractivity contribution < 1.29 is 37.5 Å². The van der Waals surface area contributed by atoms with E-state index in [9.17, 15) is 38.1 Å². The topological polar surface area (TPSA) is 135 Å². The Morgan fingerprint density at radius 3 is 2.60 bits per heavy atom. The molecule has 3 atom stereocenters. The quantitative estimate of drug-likeness (QED) is 0.154. The Morgan fingerprint density at radius 1 is 1.30 bits per heavy atom. The first-order valence-electron chi connectivity index (χ1n) is 13.4. The fourth-order valence-electron chi connectivity index (χ4n) is 4.45. The number of amides is 2. The molecule has 9 nitrogen and oxygen atoms in total. The SMILES string of the molecule is CCc1cccc(C[C@H](NC(=O)[C@H](COC[C@H]2CCCN2C(=O)C(C#N)=CC(C)C)NCC(F)(F)F)B(O)O)c1. The van der Waals surface area contributed by atoms with E-state index >= 15 is 0 Å². The van der Waals surface area contributed by atoms with Crippen molar-refractivity contribution in [3.8, 4) is 6.07 Å². The molecule has 40 heavy (non-hydrogen) atoms. The molecule has 0 aromatic heterocycles. The highest BCUT2D eigenvalue weighted by molar-refractivity contribution is 6.43. The lowest BCUT2D eigenvalue weighted by atomic mass is 9.75. The predicted octanol–water partition coefficient (Wildman–Crippen LogP) is 1.92. The van der Waals surface area contributed by atoms with Gasteiger partial charge in [0.05, 0.1) is 31.7 Å². The number of carbonyl (C=O) groups is 2. The van der Waals surface area contributed by atoms with Gasteiger partial charge in [0.25, 0.3) is 5.91 Å². The number of hydrogen-bond acceptors (Lipinski definition) is 7. The van der Waals surface area contributed by atoms with Gasteiger partial charge in [-0.3, -0.25) is 14.9 Å². The van der Waals surface area contributed by atoms with Crippen LogP contribution in [0.3, 0.4) is 0 Å². The Bertz CT molecular complexity index is 1060. The number of alkyl halides is 3. The molecule has 1 aliphatic rings. The van der Waals surface area contributed by atoms with Crippen molar-refractivity contribution in [2.45, 2.75) is 70.7 Å². The minimum absolute atomic E-state index is 0.00766. The molecule has 0 saturated carbocycles. The van der Waals surface area contributed by atoms with Gasteiger partial charge >= 0.3 is 13.3 Å². The van der Waals surface area contributed by atoms with Crippen LogP contribution in [0.25, 0.3) is 0 Å². The lowest BCUT2D eigenvalue weighted by Gasteiger charge is -2.27. The number of hydrogen-bond donors (Lipinski definition) is 4. The maximum Gasteiger partial charge on any atom is 0.475 e. The van der Waals surface area contributed by atoms with E-state index in [-0.39, 0.29) is 24.5 Å². The predicted molar refractivity (Wildman–Crippen MR) is 144 cm³/mol. The lowest BCUT2D eigenvalue weighted by molar-refractivity contribution is -0.135. The van der Waals surface area contributed by atoms with Crippen LogP contribution in [0.15, 0.2) is 35.9 Å². The number of nitrogens with zero attached hydrogens (tertiary/aromatic N) is 2. The zero-order valence-electron chi connectivity index (χ0n) is 23.1. The van der Waals surface area contributed by atoms with Gasteiger partial charge in [0.15, 0.2) is 0 Å². The van der Waals surface area contributed by atoms with Crippen LogP contribution in [0.1, 0.15) is 44.7 Å². The molecule has 1 heterocycles. The second-order valence-electron chi connectivity index (χ2n) is 10.2. The second-order valence-corrected chi connectivity index (χ2v) is 10.2. The molecule has 0 spiro atoms. The molecule has 1 saturated heterocycles. The second kappa shape index (κ2) is 15.8. The molecule has 1 aromatic rings. The monoisotopic (exact) mass is 566 g/mol. The van der Waals surface area contributed by atoms with E-state index in [1.54, 1.807) is 18.2 Å². The van der Waals surface area contributed by atoms with Gasteiger partial charge < -0.3 is 25.0 Å². The van der Waals surface area contributed by atoms with Crippen LogP contribution >= 0.6 is 0 Å². The van der Waals surface area contributed by atoms with Gasteiger partial charge in [0, 0.05) is 6.54 Å². The zero-order chi connectivity index (χ0) is 29.9. The van der Waals surface area contributed by atoms with Crippen LogP contribution in [0.2, 0.25) is 0 Å². The molecule has 0 aliphatic carbocycles. The first-order valence-corrected chi connectivity index (χ1v) is 13.4. The van der Waals surface area contributed by atoms with Gasteiger partial charge in [-0.15, -0.1) is 0 Å². The van der Waals surface area contributed by atoms with Gasteiger partial charge in [0.1, 0.15) is 17.7 Å². The normalized spacial score (nSPS) is 17.4. The molecule has 4 N–H and O–H groups in total. The van der Waals surface area contributed by atoms with Gasteiger partial charge in [-0.2, -0.15) is 18.4 Å². The van der Waals surface area contributed by atoms with Crippen molar-refractivity contribution >= 4 is 18.9 Å². The summed E-state index contributed by atoms with van der Waals surface area (Å²) in [7, 11) is -1.95. The van der Waals surface area contributed by atoms with Gasteiger partial charge in [-0.1, -0.05) is 51.1 Å². The first kappa shape index (κ1) is 33.3. The fourth-order valence-corrected chi connectivity index (χ4v) is 4.45. The van der Waals surface area contributed by atoms with Crippen LogP contribution in [-0.2, 0) is 27.2 Å². The number of allylic oxidation sites excluding steroid dienone is 1. The summed E-state index contributed by atoms with van der Waals surface area (Å²) in [5.41, 5.74) is 1.75. The number of halogens is 3. The summed E-state index contributed by atoms with van der Waals surface area (Å²) in [5, 5.41) is 33.7. The van der Waals surface area contributed by atoms with E-state index in [0.717, 1.165) is 17.5 Å². The van der Waals surface area contributed by atoms with Crippen molar-refractivity contribution in [3.63, 3.8) is 0 Å². The van der Waals surface area contributed by atoms with Crippen molar-refractivity contribution in [2.75, 3.05) is 26.3 Å². The third-order valence-corrected chi connectivity index (χ3v) is 6.49. The van der Waals surface area contributed by atoms with E-state index in [0.29, 0.717) is 19.4 Å².